The molecule has 0 saturated heterocycles. The lowest BCUT2D eigenvalue weighted by Crippen LogP contribution is -2.44. The molecule has 5 heteroatoms. The maximum Gasteiger partial charge on any atom is 0.251 e. The monoisotopic (exact) mass is 252 g/mol. The summed E-state index contributed by atoms with van der Waals surface area (Å²) in [7, 11) is 0. The highest BCUT2D eigenvalue weighted by atomic mass is 35.5. The second kappa shape index (κ2) is 6.06. The van der Waals surface area contributed by atoms with Gasteiger partial charge in [-0.15, -0.1) is 6.58 Å². The van der Waals surface area contributed by atoms with Crippen molar-refractivity contribution in [3.8, 4) is 0 Å². The minimum atomic E-state index is -0.740. The number of nitrogens with two attached hydrogens (primary N) is 1. The summed E-state index contributed by atoms with van der Waals surface area (Å²) in [6.45, 7) is 3.50. The lowest BCUT2D eigenvalue weighted by Gasteiger charge is -2.13. The number of primary amides is 1. The van der Waals surface area contributed by atoms with Crippen molar-refractivity contribution in [2.24, 2.45) is 5.73 Å². The summed E-state index contributed by atoms with van der Waals surface area (Å²) in [5.74, 6) is -0.959. The molecule has 17 heavy (non-hydrogen) atoms. The largest absolute Gasteiger partial charge is 0.368 e. The molecule has 0 aromatic heterocycles. The molecule has 4 nitrogen and oxygen atoms in total. The van der Waals surface area contributed by atoms with E-state index in [-0.39, 0.29) is 5.91 Å². The molecule has 2 amide bonds. The van der Waals surface area contributed by atoms with Crippen molar-refractivity contribution in [2.75, 3.05) is 0 Å². The Bertz CT molecular complexity index is 429. The van der Waals surface area contributed by atoms with E-state index >= 15 is 0 Å². The van der Waals surface area contributed by atoms with Crippen LogP contribution in [-0.2, 0) is 4.79 Å². The number of amides is 2. The maximum absolute atomic E-state index is 11.7. The van der Waals surface area contributed by atoms with Gasteiger partial charge in [-0.3, -0.25) is 9.59 Å². The predicted molar refractivity (Wildman–Crippen MR) is 66.7 cm³/mol. The van der Waals surface area contributed by atoms with Crippen LogP contribution in [0.25, 0.3) is 0 Å². The zero-order chi connectivity index (χ0) is 12.8. The number of hydrogen-bond acceptors (Lipinski definition) is 2. The van der Waals surface area contributed by atoms with Crippen LogP contribution in [0.3, 0.4) is 0 Å². The van der Waals surface area contributed by atoms with Crippen molar-refractivity contribution >= 4 is 23.4 Å². The van der Waals surface area contributed by atoms with Gasteiger partial charge in [0.05, 0.1) is 0 Å². The number of hydrogen-bond donors (Lipinski definition) is 2. The van der Waals surface area contributed by atoms with E-state index in [9.17, 15) is 9.59 Å². The zero-order valence-corrected chi connectivity index (χ0v) is 9.91. The van der Waals surface area contributed by atoms with E-state index in [0.29, 0.717) is 17.0 Å². The summed E-state index contributed by atoms with van der Waals surface area (Å²) in [6.07, 6.45) is 1.83. The highest BCUT2D eigenvalue weighted by Gasteiger charge is 2.17. The number of halogens is 1. The number of carbonyl (C=O) groups excluding carboxylic acids is 2. The minimum absolute atomic E-state index is 0.300. The van der Waals surface area contributed by atoms with Crippen molar-refractivity contribution < 1.29 is 9.59 Å². The Balaban J connectivity index is 2.73. The summed E-state index contributed by atoms with van der Waals surface area (Å²) in [5, 5.41) is 3.07. The third kappa shape index (κ3) is 3.92. The van der Waals surface area contributed by atoms with Gasteiger partial charge in [0.2, 0.25) is 5.91 Å². The molecule has 0 spiro atoms. The van der Waals surface area contributed by atoms with E-state index in [4.69, 9.17) is 17.3 Å². The van der Waals surface area contributed by atoms with Crippen molar-refractivity contribution in [3.63, 3.8) is 0 Å². The lowest BCUT2D eigenvalue weighted by atomic mass is 10.1. The molecule has 0 unspecified atom stereocenters. The Hall–Kier alpha value is -1.81. The van der Waals surface area contributed by atoms with Gasteiger partial charge in [0.15, 0.2) is 0 Å². The summed E-state index contributed by atoms with van der Waals surface area (Å²) in [4.78, 5) is 22.8. The van der Waals surface area contributed by atoms with E-state index < -0.39 is 11.9 Å². The van der Waals surface area contributed by atoms with Crippen molar-refractivity contribution in [1.82, 2.24) is 5.32 Å². The normalized spacial score (nSPS) is 11.6. The van der Waals surface area contributed by atoms with Crippen molar-refractivity contribution in [1.29, 1.82) is 0 Å². The molecule has 0 bridgehead atoms. The Kier molecular flexibility index (Phi) is 4.72. The lowest BCUT2D eigenvalue weighted by molar-refractivity contribution is -0.119. The van der Waals surface area contributed by atoms with Crippen LogP contribution in [0.2, 0.25) is 5.02 Å². The van der Waals surface area contributed by atoms with Crippen LogP contribution in [0.1, 0.15) is 16.8 Å². The zero-order valence-electron chi connectivity index (χ0n) is 9.15. The van der Waals surface area contributed by atoms with Crippen LogP contribution in [0.5, 0.6) is 0 Å². The fraction of sp³-hybridized carbons (Fsp3) is 0.167. The van der Waals surface area contributed by atoms with Gasteiger partial charge in [-0.05, 0) is 30.7 Å². The van der Waals surface area contributed by atoms with E-state index in [0.717, 1.165) is 0 Å². The van der Waals surface area contributed by atoms with Crippen molar-refractivity contribution in [2.45, 2.75) is 12.5 Å². The second-order valence-electron chi connectivity index (χ2n) is 3.46. The molecular formula is C12H13ClN2O2. The minimum Gasteiger partial charge on any atom is -0.368 e. The van der Waals surface area contributed by atoms with E-state index in [1.54, 1.807) is 24.3 Å². The summed E-state index contributed by atoms with van der Waals surface area (Å²) < 4.78 is 0. The molecule has 1 aromatic carbocycles. The topological polar surface area (TPSA) is 72.2 Å². The Morgan fingerprint density at radius 3 is 2.47 bits per heavy atom. The first-order valence-corrected chi connectivity index (χ1v) is 5.39. The molecule has 0 heterocycles. The molecule has 0 aliphatic heterocycles. The molecule has 0 aliphatic rings. The molecule has 1 aromatic rings. The number of rotatable bonds is 5. The standard InChI is InChI=1S/C12H13ClN2O2/c1-2-3-10(11(14)16)15-12(17)8-4-6-9(13)7-5-8/h2,4-7,10H,1,3H2,(H2,14,16)(H,15,17)/t10-/m1/s1. The van der Waals surface area contributed by atoms with Crippen LogP contribution in [0.15, 0.2) is 36.9 Å². The quantitative estimate of drug-likeness (QED) is 0.780. The molecule has 90 valence electrons. The van der Waals surface area contributed by atoms with Crippen LogP contribution < -0.4 is 11.1 Å². The van der Waals surface area contributed by atoms with Crippen LogP contribution >= 0.6 is 11.6 Å². The molecule has 0 fully saturated rings. The Labute approximate surface area is 104 Å². The van der Waals surface area contributed by atoms with Gasteiger partial charge < -0.3 is 11.1 Å². The van der Waals surface area contributed by atoms with Gasteiger partial charge in [0.1, 0.15) is 6.04 Å². The van der Waals surface area contributed by atoms with E-state index in [2.05, 4.69) is 11.9 Å². The van der Waals surface area contributed by atoms with Gasteiger partial charge >= 0.3 is 0 Å². The van der Waals surface area contributed by atoms with Gasteiger partial charge in [-0.2, -0.15) is 0 Å². The second-order valence-corrected chi connectivity index (χ2v) is 3.90. The van der Waals surface area contributed by atoms with Crippen molar-refractivity contribution in [3.05, 3.63) is 47.5 Å². The average molecular weight is 253 g/mol. The molecule has 0 radical (unpaired) electrons. The van der Waals surface area contributed by atoms with Crippen LogP contribution in [0, 0.1) is 0 Å². The molecule has 0 aliphatic carbocycles. The smallest absolute Gasteiger partial charge is 0.251 e. The highest BCUT2D eigenvalue weighted by Crippen LogP contribution is 2.09. The van der Waals surface area contributed by atoms with Gasteiger partial charge in [0, 0.05) is 10.6 Å². The Morgan fingerprint density at radius 2 is 2.00 bits per heavy atom. The maximum atomic E-state index is 11.7. The number of carbonyl (C=O) groups is 2. The summed E-state index contributed by atoms with van der Waals surface area (Å²) >= 11 is 5.70. The molecule has 3 N–H and O–H groups in total. The third-order valence-electron chi connectivity index (χ3n) is 2.16. The first-order chi connectivity index (χ1) is 8.04. The fourth-order valence-corrected chi connectivity index (χ4v) is 1.38. The third-order valence-corrected chi connectivity index (χ3v) is 2.41. The van der Waals surface area contributed by atoms with E-state index in [1.807, 2.05) is 0 Å². The van der Waals surface area contributed by atoms with Gasteiger partial charge in [0.25, 0.3) is 5.91 Å². The highest BCUT2D eigenvalue weighted by molar-refractivity contribution is 6.30. The molecule has 1 rings (SSSR count). The number of benzene rings is 1. The first kappa shape index (κ1) is 13.3. The van der Waals surface area contributed by atoms with Crippen LogP contribution in [0.4, 0.5) is 0 Å². The van der Waals surface area contributed by atoms with E-state index in [1.165, 1.54) is 6.08 Å². The molecule has 0 saturated carbocycles. The van der Waals surface area contributed by atoms with Crippen LogP contribution in [-0.4, -0.2) is 17.9 Å². The summed E-state index contributed by atoms with van der Waals surface area (Å²) in [5.41, 5.74) is 5.57. The average Bonchev–Trinajstić information content (AvgIpc) is 2.29. The molecular weight excluding hydrogens is 240 g/mol. The van der Waals surface area contributed by atoms with Gasteiger partial charge in [-0.25, -0.2) is 0 Å². The first-order valence-electron chi connectivity index (χ1n) is 5.01. The SMILES string of the molecule is C=CC[C@@H](NC(=O)c1ccc(Cl)cc1)C(N)=O. The number of nitrogens with one attached hydrogen (secondary N) is 1. The fourth-order valence-electron chi connectivity index (χ4n) is 1.26. The predicted octanol–water partition coefficient (Wildman–Crippen LogP) is 1.50. The van der Waals surface area contributed by atoms with Gasteiger partial charge in [-0.1, -0.05) is 17.7 Å². The molecule has 1 atom stereocenters. The Morgan fingerprint density at radius 1 is 1.41 bits per heavy atom. The summed E-state index contributed by atoms with van der Waals surface area (Å²) in [6, 6.07) is 5.61.